The maximum absolute atomic E-state index is 14.2. The van der Waals surface area contributed by atoms with E-state index in [0.29, 0.717) is 17.0 Å². The maximum Gasteiger partial charge on any atom is 0.128 e. The highest BCUT2D eigenvalue weighted by Gasteiger charge is 2.12. The van der Waals surface area contributed by atoms with E-state index in [0.717, 1.165) is 27.7 Å². The predicted molar refractivity (Wildman–Crippen MR) is 103 cm³/mol. The summed E-state index contributed by atoms with van der Waals surface area (Å²) >= 11 is 6.20. The fourth-order valence-corrected chi connectivity index (χ4v) is 3.38. The van der Waals surface area contributed by atoms with Crippen molar-refractivity contribution in [2.24, 2.45) is 0 Å². The lowest BCUT2D eigenvalue weighted by atomic mass is 10.0. The number of aromatic nitrogens is 1. The molecule has 0 unspecified atom stereocenters. The summed E-state index contributed by atoms with van der Waals surface area (Å²) in [4.78, 5) is 3.46. The van der Waals surface area contributed by atoms with E-state index >= 15 is 0 Å². The zero-order valence-electron chi connectivity index (χ0n) is 13.8. The monoisotopic (exact) mass is 349 g/mol. The van der Waals surface area contributed by atoms with Crippen LogP contribution in [0.4, 0.5) is 4.39 Å². The quantitative estimate of drug-likeness (QED) is 0.433. The molecule has 0 saturated heterocycles. The third-order valence-corrected chi connectivity index (χ3v) is 4.90. The van der Waals surface area contributed by atoms with Gasteiger partial charge < -0.3 is 4.98 Å². The number of H-pyrrole nitrogens is 1. The molecule has 0 atom stereocenters. The molecule has 4 rings (SSSR count). The van der Waals surface area contributed by atoms with Crippen LogP contribution in [0, 0.1) is 12.7 Å². The Balaban J connectivity index is 1.79. The Bertz CT molecular complexity index is 1030. The van der Waals surface area contributed by atoms with E-state index in [-0.39, 0.29) is 5.82 Å². The SMILES string of the molecule is Cc1ccc(-c2cc3c(Cc4c(F)cccc4Cl)cccc3[nH]2)cc1. The number of aromatic amines is 1. The largest absolute Gasteiger partial charge is 0.355 e. The summed E-state index contributed by atoms with van der Waals surface area (Å²) < 4.78 is 14.2. The normalized spacial score (nSPS) is 11.2. The van der Waals surface area contributed by atoms with Gasteiger partial charge in [-0.2, -0.15) is 0 Å². The topological polar surface area (TPSA) is 15.8 Å². The molecule has 0 aliphatic rings. The molecule has 0 fully saturated rings. The molecule has 0 bridgehead atoms. The molecule has 0 saturated carbocycles. The Morgan fingerprint density at radius 2 is 1.72 bits per heavy atom. The van der Waals surface area contributed by atoms with Gasteiger partial charge in [0, 0.05) is 33.6 Å². The van der Waals surface area contributed by atoms with Crippen molar-refractivity contribution in [2.45, 2.75) is 13.3 Å². The molecule has 0 spiro atoms. The minimum absolute atomic E-state index is 0.265. The molecule has 1 heterocycles. The van der Waals surface area contributed by atoms with Gasteiger partial charge in [-0.1, -0.05) is 59.6 Å². The molecule has 0 amide bonds. The Hall–Kier alpha value is -2.58. The summed E-state index contributed by atoms with van der Waals surface area (Å²) in [6.07, 6.45) is 0.466. The zero-order valence-corrected chi connectivity index (χ0v) is 14.6. The average Bonchev–Trinajstić information content (AvgIpc) is 3.04. The van der Waals surface area contributed by atoms with E-state index < -0.39 is 0 Å². The fourth-order valence-electron chi connectivity index (χ4n) is 3.15. The molecule has 0 radical (unpaired) electrons. The van der Waals surface area contributed by atoms with Gasteiger partial charge in [0.15, 0.2) is 0 Å². The van der Waals surface area contributed by atoms with Crippen molar-refractivity contribution in [3.05, 3.63) is 94.3 Å². The first-order chi connectivity index (χ1) is 12.1. The van der Waals surface area contributed by atoms with E-state index in [9.17, 15) is 4.39 Å². The summed E-state index contributed by atoms with van der Waals surface area (Å²) in [5.41, 5.74) is 6.06. The lowest BCUT2D eigenvalue weighted by molar-refractivity contribution is 0.614. The van der Waals surface area contributed by atoms with Gasteiger partial charge in [-0.05, 0) is 42.3 Å². The first kappa shape index (κ1) is 15.9. The minimum Gasteiger partial charge on any atom is -0.355 e. The fraction of sp³-hybridized carbons (Fsp3) is 0.0909. The van der Waals surface area contributed by atoms with Gasteiger partial charge in [0.05, 0.1) is 0 Å². The third kappa shape index (κ3) is 3.06. The molecule has 3 heteroatoms. The number of hydrogen-bond acceptors (Lipinski definition) is 0. The number of rotatable bonds is 3. The highest BCUT2D eigenvalue weighted by atomic mass is 35.5. The molecule has 3 aromatic carbocycles. The highest BCUT2D eigenvalue weighted by molar-refractivity contribution is 6.31. The zero-order chi connectivity index (χ0) is 17.4. The molecule has 0 aliphatic carbocycles. The number of fused-ring (bicyclic) bond motifs is 1. The molecule has 1 N–H and O–H groups in total. The van der Waals surface area contributed by atoms with E-state index in [2.05, 4.69) is 42.2 Å². The lowest BCUT2D eigenvalue weighted by Gasteiger charge is -2.07. The third-order valence-electron chi connectivity index (χ3n) is 4.55. The van der Waals surface area contributed by atoms with Gasteiger partial charge in [0.1, 0.15) is 5.82 Å². The molecule has 4 aromatic rings. The molecule has 25 heavy (non-hydrogen) atoms. The second-order valence-electron chi connectivity index (χ2n) is 6.30. The van der Waals surface area contributed by atoms with Crippen LogP contribution in [0.5, 0.6) is 0 Å². The van der Waals surface area contributed by atoms with Crippen molar-refractivity contribution in [1.82, 2.24) is 4.98 Å². The second-order valence-corrected chi connectivity index (χ2v) is 6.71. The van der Waals surface area contributed by atoms with E-state index in [1.165, 1.54) is 11.6 Å². The van der Waals surface area contributed by atoms with E-state index in [1.54, 1.807) is 12.1 Å². The number of aryl methyl sites for hydroxylation is 1. The Labute approximate surface area is 151 Å². The van der Waals surface area contributed by atoms with Crippen LogP contribution in [0.25, 0.3) is 22.2 Å². The van der Waals surface area contributed by atoms with Crippen LogP contribution < -0.4 is 0 Å². The summed E-state index contributed by atoms with van der Waals surface area (Å²) in [7, 11) is 0. The highest BCUT2D eigenvalue weighted by Crippen LogP contribution is 2.30. The van der Waals surface area contributed by atoms with Crippen molar-refractivity contribution >= 4 is 22.5 Å². The maximum atomic E-state index is 14.2. The molecule has 1 nitrogen and oxygen atoms in total. The summed E-state index contributed by atoms with van der Waals surface area (Å²) in [6.45, 7) is 2.07. The number of nitrogens with one attached hydrogen (secondary N) is 1. The number of benzene rings is 3. The Kier molecular flexibility index (Phi) is 4.06. The van der Waals surface area contributed by atoms with Gasteiger partial charge in [0.2, 0.25) is 0 Å². The van der Waals surface area contributed by atoms with Crippen molar-refractivity contribution in [1.29, 1.82) is 0 Å². The first-order valence-electron chi connectivity index (χ1n) is 8.22. The van der Waals surface area contributed by atoms with Crippen LogP contribution >= 0.6 is 11.6 Å². The van der Waals surface area contributed by atoms with Crippen LogP contribution in [0.2, 0.25) is 5.02 Å². The molecular formula is C22H17ClFN. The Morgan fingerprint density at radius 3 is 2.48 bits per heavy atom. The van der Waals surface area contributed by atoms with Gasteiger partial charge in [-0.3, -0.25) is 0 Å². The summed E-state index contributed by atoms with van der Waals surface area (Å²) in [5.74, 6) is -0.265. The minimum atomic E-state index is -0.265. The van der Waals surface area contributed by atoms with Crippen molar-refractivity contribution in [2.75, 3.05) is 0 Å². The second kappa shape index (κ2) is 6.38. The van der Waals surface area contributed by atoms with Crippen molar-refractivity contribution in [3.63, 3.8) is 0 Å². The van der Waals surface area contributed by atoms with E-state index in [4.69, 9.17) is 11.6 Å². The van der Waals surface area contributed by atoms with Gasteiger partial charge in [-0.15, -0.1) is 0 Å². The number of hydrogen-bond donors (Lipinski definition) is 1. The van der Waals surface area contributed by atoms with Gasteiger partial charge in [0.25, 0.3) is 0 Å². The first-order valence-corrected chi connectivity index (χ1v) is 8.60. The van der Waals surface area contributed by atoms with Gasteiger partial charge >= 0.3 is 0 Å². The van der Waals surface area contributed by atoms with Crippen LogP contribution in [0.1, 0.15) is 16.7 Å². The molecular weight excluding hydrogens is 333 g/mol. The van der Waals surface area contributed by atoms with Crippen molar-refractivity contribution in [3.8, 4) is 11.3 Å². The van der Waals surface area contributed by atoms with E-state index in [1.807, 2.05) is 18.2 Å². The van der Waals surface area contributed by atoms with Gasteiger partial charge in [-0.25, -0.2) is 4.39 Å². The van der Waals surface area contributed by atoms with Crippen LogP contribution in [0.3, 0.4) is 0 Å². The molecule has 1 aromatic heterocycles. The summed E-state index contributed by atoms with van der Waals surface area (Å²) in [5, 5.41) is 1.56. The molecule has 0 aliphatic heterocycles. The van der Waals surface area contributed by atoms with Crippen molar-refractivity contribution < 1.29 is 4.39 Å². The summed E-state index contributed by atoms with van der Waals surface area (Å²) in [6, 6.07) is 21.4. The lowest BCUT2D eigenvalue weighted by Crippen LogP contribution is -1.94. The smallest absolute Gasteiger partial charge is 0.128 e. The van der Waals surface area contributed by atoms with Crippen LogP contribution in [0.15, 0.2) is 66.7 Å². The van der Waals surface area contributed by atoms with Crippen LogP contribution in [-0.2, 0) is 6.42 Å². The standard InChI is InChI=1S/C22H17ClFN/c1-14-8-10-15(11-9-14)22-13-17-16(4-2-7-21(17)25-22)12-18-19(23)5-3-6-20(18)24/h2-11,13,25H,12H2,1H3. The number of halogens is 2. The predicted octanol–water partition coefficient (Wildman–Crippen LogP) is 6.53. The Morgan fingerprint density at radius 1 is 0.960 bits per heavy atom. The van der Waals surface area contributed by atoms with Crippen LogP contribution in [-0.4, -0.2) is 4.98 Å². The average molecular weight is 350 g/mol. The molecule has 124 valence electrons.